The molecule has 2 aliphatic rings. The first-order valence-corrected chi connectivity index (χ1v) is 9.69. The van der Waals surface area contributed by atoms with Gasteiger partial charge in [0.2, 0.25) is 0 Å². The summed E-state index contributed by atoms with van der Waals surface area (Å²) < 4.78 is 6.01. The summed E-state index contributed by atoms with van der Waals surface area (Å²) in [5.74, 6) is 1.10. The van der Waals surface area contributed by atoms with Crippen LogP contribution in [0.1, 0.15) is 43.9 Å². The number of ether oxygens (including phenoxy) is 1. The molecule has 0 aromatic heterocycles. The Balaban J connectivity index is 1.85. The zero-order valence-corrected chi connectivity index (χ0v) is 15.6. The van der Waals surface area contributed by atoms with Gasteiger partial charge in [0.25, 0.3) is 0 Å². The van der Waals surface area contributed by atoms with Crippen molar-refractivity contribution in [2.45, 2.75) is 52.7 Å². The molecule has 4 nitrogen and oxygen atoms in total. The number of hydrogen-bond acceptors (Lipinski definition) is 4. The Hall–Kier alpha value is -1.10. The molecule has 1 saturated heterocycles. The Morgan fingerprint density at radius 2 is 1.92 bits per heavy atom. The van der Waals surface area contributed by atoms with Gasteiger partial charge in [0.15, 0.2) is 0 Å². The van der Waals surface area contributed by atoms with Gasteiger partial charge < -0.3 is 10.1 Å². The Morgan fingerprint density at radius 1 is 1.12 bits per heavy atom. The van der Waals surface area contributed by atoms with Gasteiger partial charge in [0, 0.05) is 50.9 Å². The molecule has 0 saturated carbocycles. The molecule has 0 radical (unpaired) electrons. The van der Waals surface area contributed by atoms with Crippen molar-refractivity contribution in [3.63, 3.8) is 0 Å². The van der Waals surface area contributed by atoms with Crippen molar-refractivity contribution in [2.24, 2.45) is 0 Å². The molecule has 2 heterocycles. The molecule has 1 fully saturated rings. The summed E-state index contributed by atoms with van der Waals surface area (Å²) in [6, 6.07) is 5.45. The standard InChI is InChI=1S/C20H33N3O/c1-4-19-12-16-11-18(14-22-9-7-21-8-10-22)20(24-6-3)13-17(16)15-23(19)5-2/h11,13,19,21H,4-10,12,14-15H2,1-3H3. The van der Waals surface area contributed by atoms with E-state index in [0.717, 1.165) is 58.2 Å². The van der Waals surface area contributed by atoms with Crippen molar-refractivity contribution in [2.75, 3.05) is 39.3 Å². The number of likely N-dealkylation sites (N-methyl/N-ethyl adjacent to an activating group) is 1. The number of fused-ring (bicyclic) bond motifs is 1. The number of nitrogens with one attached hydrogen (secondary N) is 1. The number of benzene rings is 1. The molecule has 1 N–H and O–H groups in total. The summed E-state index contributed by atoms with van der Waals surface area (Å²) in [5, 5.41) is 3.44. The largest absolute Gasteiger partial charge is 0.494 e. The lowest BCUT2D eigenvalue weighted by atomic mass is 9.90. The number of piperazine rings is 1. The lowest BCUT2D eigenvalue weighted by Gasteiger charge is -2.36. The first-order valence-electron chi connectivity index (χ1n) is 9.69. The van der Waals surface area contributed by atoms with Gasteiger partial charge in [0.1, 0.15) is 5.75 Å². The maximum Gasteiger partial charge on any atom is 0.124 e. The van der Waals surface area contributed by atoms with Crippen LogP contribution in [0.3, 0.4) is 0 Å². The minimum absolute atomic E-state index is 0.687. The molecule has 1 unspecified atom stereocenters. The monoisotopic (exact) mass is 331 g/mol. The van der Waals surface area contributed by atoms with Crippen molar-refractivity contribution >= 4 is 0 Å². The third-order valence-corrected chi connectivity index (χ3v) is 5.51. The first-order chi connectivity index (χ1) is 11.7. The highest BCUT2D eigenvalue weighted by atomic mass is 16.5. The minimum atomic E-state index is 0.687. The van der Waals surface area contributed by atoms with E-state index in [1.165, 1.54) is 24.0 Å². The van der Waals surface area contributed by atoms with Gasteiger partial charge in [-0.3, -0.25) is 9.80 Å². The lowest BCUT2D eigenvalue weighted by molar-refractivity contribution is 0.175. The van der Waals surface area contributed by atoms with Crippen LogP contribution in [-0.4, -0.2) is 55.2 Å². The van der Waals surface area contributed by atoms with Gasteiger partial charge in [-0.15, -0.1) is 0 Å². The number of hydrogen-bond donors (Lipinski definition) is 1. The fourth-order valence-corrected chi connectivity index (χ4v) is 4.08. The topological polar surface area (TPSA) is 27.7 Å². The van der Waals surface area contributed by atoms with Gasteiger partial charge >= 0.3 is 0 Å². The molecule has 24 heavy (non-hydrogen) atoms. The third kappa shape index (κ3) is 3.93. The maximum absolute atomic E-state index is 6.01. The van der Waals surface area contributed by atoms with Crippen LogP contribution in [0.25, 0.3) is 0 Å². The fraction of sp³-hybridized carbons (Fsp3) is 0.700. The smallest absolute Gasteiger partial charge is 0.124 e. The van der Waals surface area contributed by atoms with Gasteiger partial charge in [0.05, 0.1) is 6.61 Å². The van der Waals surface area contributed by atoms with E-state index in [1.807, 2.05) is 0 Å². The average molecular weight is 332 g/mol. The predicted octanol–water partition coefficient (Wildman–Crippen LogP) is 2.65. The zero-order chi connectivity index (χ0) is 16.9. The van der Waals surface area contributed by atoms with E-state index in [0.29, 0.717) is 6.04 Å². The van der Waals surface area contributed by atoms with E-state index in [4.69, 9.17) is 4.74 Å². The van der Waals surface area contributed by atoms with Crippen LogP contribution in [0.4, 0.5) is 0 Å². The van der Waals surface area contributed by atoms with Crippen molar-refractivity contribution < 1.29 is 4.74 Å². The summed E-state index contributed by atoms with van der Waals surface area (Å²) in [4.78, 5) is 5.15. The molecule has 134 valence electrons. The van der Waals surface area contributed by atoms with E-state index >= 15 is 0 Å². The van der Waals surface area contributed by atoms with Crippen LogP contribution in [0.5, 0.6) is 5.75 Å². The molecule has 0 aliphatic carbocycles. The summed E-state index contributed by atoms with van der Waals surface area (Å²) in [5.41, 5.74) is 4.38. The van der Waals surface area contributed by atoms with Gasteiger partial charge in [-0.25, -0.2) is 0 Å². The van der Waals surface area contributed by atoms with Crippen LogP contribution >= 0.6 is 0 Å². The SMILES string of the molecule is CCOc1cc2c(cc1CN1CCNCC1)CC(CC)N(CC)C2. The molecular weight excluding hydrogens is 298 g/mol. The Labute approximate surface area is 147 Å². The van der Waals surface area contributed by atoms with E-state index < -0.39 is 0 Å². The first kappa shape index (κ1) is 17.7. The molecule has 2 aliphatic heterocycles. The minimum Gasteiger partial charge on any atom is -0.494 e. The zero-order valence-electron chi connectivity index (χ0n) is 15.6. The molecular formula is C20H33N3O. The molecule has 0 spiro atoms. The summed E-state index contributed by atoms with van der Waals surface area (Å²) in [7, 11) is 0. The van der Waals surface area contributed by atoms with Crippen molar-refractivity contribution in [1.82, 2.24) is 15.1 Å². The van der Waals surface area contributed by atoms with Crippen LogP contribution in [0.2, 0.25) is 0 Å². The second-order valence-electron chi connectivity index (χ2n) is 7.02. The number of rotatable bonds is 6. The van der Waals surface area contributed by atoms with Crippen LogP contribution < -0.4 is 10.1 Å². The van der Waals surface area contributed by atoms with Gasteiger partial charge in [-0.2, -0.15) is 0 Å². The van der Waals surface area contributed by atoms with E-state index in [9.17, 15) is 0 Å². The summed E-state index contributed by atoms with van der Waals surface area (Å²) in [6.45, 7) is 15.1. The highest BCUT2D eigenvalue weighted by molar-refractivity contribution is 5.44. The van der Waals surface area contributed by atoms with Gasteiger partial charge in [-0.05, 0) is 43.5 Å². The molecule has 0 bridgehead atoms. The van der Waals surface area contributed by atoms with E-state index in [1.54, 1.807) is 5.56 Å². The summed E-state index contributed by atoms with van der Waals surface area (Å²) >= 11 is 0. The molecule has 3 rings (SSSR count). The van der Waals surface area contributed by atoms with Gasteiger partial charge in [-0.1, -0.05) is 19.9 Å². The van der Waals surface area contributed by atoms with Crippen LogP contribution in [0, 0.1) is 0 Å². The van der Waals surface area contributed by atoms with Crippen molar-refractivity contribution in [3.05, 3.63) is 28.8 Å². The number of nitrogens with zero attached hydrogens (tertiary/aromatic N) is 2. The van der Waals surface area contributed by atoms with E-state index in [2.05, 4.69) is 48.0 Å². The molecule has 0 amide bonds. The Bertz CT molecular complexity index is 540. The van der Waals surface area contributed by atoms with Crippen LogP contribution in [-0.2, 0) is 19.5 Å². The highest BCUT2D eigenvalue weighted by Gasteiger charge is 2.25. The van der Waals surface area contributed by atoms with Crippen molar-refractivity contribution in [3.8, 4) is 5.75 Å². The Morgan fingerprint density at radius 3 is 2.58 bits per heavy atom. The average Bonchev–Trinajstić information content (AvgIpc) is 2.62. The van der Waals surface area contributed by atoms with E-state index in [-0.39, 0.29) is 0 Å². The normalized spacial score (nSPS) is 22.4. The second-order valence-corrected chi connectivity index (χ2v) is 7.02. The molecule has 1 aromatic carbocycles. The van der Waals surface area contributed by atoms with Crippen LogP contribution in [0.15, 0.2) is 12.1 Å². The maximum atomic E-state index is 6.01. The Kier molecular flexibility index (Phi) is 6.14. The quantitative estimate of drug-likeness (QED) is 0.867. The summed E-state index contributed by atoms with van der Waals surface area (Å²) in [6.07, 6.45) is 2.41. The highest BCUT2D eigenvalue weighted by Crippen LogP contribution is 2.32. The lowest BCUT2D eigenvalue weighted by Crippen LogP contribution is -2.43. The molecule has 1 aromatic rings. The predicted molar refractivity (Wildman–Crippen MR) is 99.6 cm³/mol. The fourth-order valence-electron chi connectivity index (χ4n) is 4.08. The molecule has 4 heteroatoms. The molecule has 1 atom stereocenters. The second kappa shape index (κ2) is 8.32. The third-order valence-electron chi connectivity index (χ3n) is 5.51. The van der Waals surface area contributed by atoms with Crippen molar-refractivity contribution in [1.29, 1.82) is 0 Å².